The van der Waals surface area contributed by atoms with Crippen molar-refractivity contribution in [3.05, 3.63) is 23.0 Å². The second-order valence-electron chi connectivity index (χ2n) is 5.32. The molecule has 1 aromatic carbocycles. The average Bonchev–Trinajstić information content (AvgIpc) is 2.44. The average molecular weight is 335 g/mol. The Morgan fingerprint density at radius 3 is 2.52 bits per heavy atom. The third-order valence-corrected chi connectivity index (χ3v) is 6.20. The van der Waals surface area contributed by atoms with Crippen molar-refractivity contribution in [2.45, 2.75) is 50.0 Å². The first-order chi connectivity index (χ1) is 9.87. The molecule has 0 saturated heterocycles. The van der Waals surface area contributed by atoms with Gasteiger partial charge in [-0.25, -0.2) is 12.8 Å². The van der Waals surface area contributed by atoms with Gasteiger partial charge in [-0.15, -0.1) is 0 Å². The van der Waals surface area contributed by atoms with Crippen LogP contribution in [0.25, 0.3) is 0 Å². The largest absolute Gasteiger partial charge is 0.399 e. The Balaban J connectivity index is 2.44. The predicted molar refractivity (Wildman–Crippen MR) is 82.3 cm³/mol. The highest BCUT2D eigenvalue weighted by atomic mass is 35.5. The van der Waals surface area contributed by atoms with E-state index < -0.39 is 20.7 Å². The summed E-state index contributed by atoms with van der Waals surface area (Å²) in [5.41, 5.74) is 5.75. The van der Waals surface area contributed by atoms with Crippen molar-refractivity contribution < 1.29 is 12.8 Å². The molecule has 1 aliphatic carbocycles. The molecule has 0 atom stereocenters. The van der Waals surface area contributed by atoms with Crippen LogP contribution in [0.15, 0.2) is 17.0 Å². The number of hydrogen-bond acceptors (Lipinski definition) is 3. The van der Waals surface area contributed by atoms with Gasteiger partial charge >= 0.3 is 0 Å². The molecule has 0 unspecified atom stereocenters. The molecule has 1 aromatic rings. The van der Waals surface area contributed by atoms with E-state index in [1.54, 1.807) is 6.92 Å². The van der Waals surface area contributed by atoms with E-state index in [0.29, 0.717) is 6.54 Å². The molecule has 2 N–H and O–H groups in total. The summed E-state index contributed by atoms with van der Waals surface area (Å²) in [6.45, 7) is 2.07. The molecule has 2 rings (SSSR count). The van der Waals surface area contributed by atoms with Crippen LogP contribution < -0.4 is 5.73 Å². The quantitative estimate of drug-likeness (QED) is 0.858. The first kappa shape index (κ1) is 16.5. The topological polar surface area (TPSA) is 63.4 Å². The van der Waals surface area contributed by atoms with Crippen molar-refractivity contribution in [1.29, 1.82) is 0 Å². The van der Waals surface area contributed by atoms with Crippen LogP contribution in [-0.4, -0.2) is 25.3 Å². The molecule has 0 spiro atoms. The van der Waals surface area contributed by atoms with Gasteiger partial charge in [-0.3, -0.25) is 0 Å². The minimum atomic E-state index is -3.93. The van der Waals surface area contributed by atoms with E-state index in [2.05, 4.69) is 0 Å². The Kier molecular flexibility index (Phi) is 5.11. The molecule has 118 valence electrons. The number of nitrogens with zero attached hydrogens (tertiary/aromatic N) is 1. The van der Waals surface area contributed by atoms with Crippen LogP contribution in [0.4, 0.5) is 10.1 Å². The molecule has 21 heavy (non-hydrogen) atoms. The number of nitrogens with two attached hydrogens (primary N) is 1. The molecular weight excluding hydrogens is 315 g/mol. The van der Waals surface area contributed by atoms with Crippen LogP contribution in [0.5, 0.6) is 0 Å². The van der Waals surface area contributed by atoms with Crippen LogP contribution in [0.2, 0.25) is 5.02 Å². The Morgan fingerprint density at radius 1 is 1.33 bits per heavy atom. The molecule has 0 aliphatic heterocycles. The summed E-state index contributed by atoms with van der Waals surface area (Å²) in [5, 5.41) is -0.270. The first-order valence-electron chi connectivity index (χ1n) is 7.14. The van der Waals surface area contributed by atoms with Gasteiger partial charge < -0.3 is 5.73 Å². The molecule has 1 aliphatic rings. The van der Waals surface area contributed by atoms with Gasteiger partial charge in [0, 0.05) is 18.3 Å². The number of benzene rings is 1. The Labute approximate surface area is 130 Å². The summed E-state index contributed by atoms with van der Waals surface area (Å²) in [7, 11) is -3.93. The molecule has 0 amide bonds. The summed E-state index contributed by atoms with van der Waals surface area (Å²) < 4.78 is 41.0. The summed E-state index contributed by atoms with van der Waals surface area (Å²) in [5.74, 6) is -0.930. The zero-order chi connectivity index (χ0) is 15.6. The Morgan fingerprint density at radius 2 is 1.95 bits per heavy atom. The summed E-state index contributed by atoms with van der Waals surface area (Å²) >= 11 is 5.72. The van der Waals surface area contributed by atoms with Crippen LogP contribution in [0, 0.1) is 5.82 Å². The van der Waals surface area contributed by atoms with Gasteiger partial charge in [-0.1, -0.05) is 37.8 Å². The third-order valence-electron chi connectivity index (χ3n) is 3.90. The molecule has 7 heteroatoms. The van der Waals surface area contributed by atoms with Gasteiger partial charge in [0.15, 0.2) is 5.82 Å². The maximum Gasteiger partial charge on any atom is 0.246 e. The molecular formula is C14H20ClFN2O2S. The Bertz CT molecular complexity index is 616. The summed E-state index contributed by atoms with van der Waals surface area (Å²) in [4.78, 5) is -0.431. The lowest BCUT2D eigenvalue weighted by Gasteiger charge is -2.32. The minimum Gasteiger partial charge on any atom is -0.399 e. The molecule has 0 bridgehead atoms. The predicted octanol–water partition coefficient (Wildman–Crippen LogP) is 3.40. The highest BCUT2D eigenvalue weighted by molar-refractivity contribution is 7.89. The Hall–Kier alpha value is -0.850. The van der Waals surface area contributed by atoms with Crippen molar-refractivity contribution in [2.24, 2.45) is 0 Å². The summed E-state index contributed by atoms with van der Waals surface area (Å²) in [6.07, 6.45) is 4.73. The number of rotatable bonds is 4. The number of hydrogen-bond donors (Lipinski definition) is 1. The third kappa shape index (κ3) is 3.33. The van der Waals surface area contributed by atoms with Crippen LogP contribution in [0.1, 0.15) is 39.0 Å². The second kappa shape index (κ2) is 6.50. The van der Waals surface area contributed by atoms with E-state index in [1.165, 1.54) is 10.4 Å². The first-order valence-corrected chi connectivity index (χ1v) is 8.96. The summed E-state index contributed by atoms with van der Waals surface area (Å²) in [6, 6.07) is 2.28. The lowest BCUT2D eigenvalue weighted by molar-refractivity contribution is 0.260. The van der Waals surface area contributed by atoms with E-state index in [1.807, 2.05) is 0 Å². The number of nitrogen functional groups attached to an aromatic ring is 1. The molecule has 1 saturated carbocycles. The van der Waals surface area contributed by atoms with Gasteiger partial charge in [0.1, 0.15) is 4.90 Å². The van der Waals surface area contributed by atoms with Gasteiger partial charge in [0.2, 0.25) is 10.0 Å². The van der Waals surface area contributed by atoms with Crippen molar-refractivity contribution in [2.75, 3.05) is 12.3 Å². The monoisotopic (exact) mass is 334 g/mol. The van der Waals surface area contributed by atoms with Gasteiger partial charge in [-0.2, -0.15) is 4.31 Å². The molecule has 0 radical (unpaired) electrons. The van der Waals surface area contributed by atoms with Crippen LogP contribution in [0.3, 0.4) is 0 Å². The molecule has 4 nitrogen and oxygen atoms in total. The minimum absolute atomic E-state index is 0.0756. The van der Waals surface area contributed by atoms with E-state index in [-0.39, 0.29) is 16.8 Å². The smallest absolute Gasteiger partial charge is 0.246 e. The van der Waals surface area contributed by atoms with Crippen molar-refractivity contribution in [1.82, 2.24) is 4.31 Å². The standard InChI is InChI=1S/C14H20ClFN2O2S/c1-2-18(11-6-4-3-5-7-11)21(19,20)13-9-10(17)8-12(15)14(13)16/h8-9,11H,2-7,17H2,1H3. The van der Waals surface area contributed by atoms with Crippen molar-refractivity contribution in [3.63, 3.8) is 0 Å². The van der Waals surface area contributed by atoms with E-state index >= 15 is 0 Å². The fourth-order valence-corrected chi connectivity index (χ4v) is 4.99. The second-order valence-corrected chi connectivity index (χ2v) is 7.58. The van der Waals surface area contributed by atoms with Gasteiger partial charge in [0.05, 0.1) is 5.02 Å². The normalized spacial score (nSPS) is 17.3. The lowest BCUT2D eigenvalue weighted by Crippen LogP contribution is -2.41. The van der Waals surface area contributed by atoms with Gasteiger partial charge in [-0.05, 0) is 25.0 Å². The number of sulfonamides is 1. The zero-order valence-electron chi connectivity index (χ0n) is 12.0. The number of anilines is 1. The van der Waals surface area contributed by atoms with Crippen LogP contribution >= 0.6 is 11.6 Å². The lowest BCUT2D eigenvalue weighted by atomic mass is 9.95. The van der Waals surface area contributed by atoms with Gasteiger partial charge in [0.25, 0.3) is 0 Å². The highest BCUT2D eigenvalue weighted by Crippen LogP contribution is 2.31. The number of halogens is 2. The van der Waals surface area contributed by atoms with E-state index in [9.17, 15) is 12.8 Å². The van der Waals surface area contributed by atoms with E-state index in [4.69, 9.17) is 17.3 Å². The molecule has 0 aromatic heterocycles. The maximum atomic E-state index is 14.1. The zero-order valence-corrected chi connectivity index (χ0v) is 13.6. The molecule has 0 heterocycles. The maximum absolute atomic E-state index is 14.1. The van der Waals surface area contributed by atoms with Crippen molar-refractivity contribution >= 4 is 27.3 Å². The highest BCUT2D eigenvalue weighted by Gasteiger charge is 2.33. The van der Waals surface area contributed by atoms with Crippen molar-refractivity contribution in [3.8, 4) is 0 Å². The molecule has 1 fully saturated rings. The fraction of sp³-hybridized carbons (Fsp3) is 0.571. The van der Waals surface area contributed by atoms with E-state index in [0.717, 1.165) is 38.2 Å². The SMILES string of the molecule is CCN(C1CCCCC1)S(=O)(=O)c1cc(N)cc(Cl)c1F. The fourth-order valence-electron chi connectivity index (χ4n) is 2.89. The van der Waals surface area contributed by atoms with Crippen LogP contribution in [-0.2, 0) is 10.0 Å².